The van der Waals surface area contributed by atoms with Gasteiger partial charge < -0.3 is 4.90 Å². The van der Waals surface area contributed by atoms with E-state index < -0.39 is 0 Å². The Morgan fingerprint density at radius 1 is 1.50 bits per heavy atom. The standard InChI is InChI=1S/C9H11BrIN/c1-12(6-5-11)9-4-2-3-8(10)7-9/h2-4,7H,5-6H2,1H3. The number of benzene rings is 1. The van der Waals surface area contributed by atoms with Gasteiger partial charge in [0.25, 0.3) is 0 Å². The summed E-state index contributed by atoms with van der Waals surface area (Å²) < 4.78 is 2.29. The molecule has 0 atom stereocenters. The summed E-state index contributed by atoms with van der Waals surface area (Å²) in [5.41, 5.74) is 1.26. The second kappa shape index (κ2) is 5.07. The van der Waals surface area contributed by atoms with Gasteiger partial charge in [0.1, 0.15) is 0 Å². The monoisotopic (exact) mass is 339 g/mol. The summed E-state index contributed by atoms with van der Waals surface area (Å²) in [6.07, 6.45) is 0. The van der Waals surface area contributed by atoms with E-state index in [0.29, 0.717) is 0 Å². The van der Waals surface area contributed by atoms with Crippen molar-refractivity contribution in [2.45, 2.75) is 0 Å². The van der Waals surface area contributed by atoms with Gasteiger partial charge in [-0.05, 0) is 18.2 Å². The summed E-state index contributed by atoms with van der Waals surface area (Å²) in [6, 6.07) is 8.36. The number of anilines is 1. The fraction of sp³-hybridized carbons (Fsp3) is 0.333. The molecule has 0 fully saturated rings. The van der Waals surface area contributed by atoms with Crippen LogP contribution in [0.3, 0.4) is 0 Å². The Bertz CT molecular complexity index is 252. The van der Waals surface area contributed by atoms with Crippen molar-refractivity contribution >= 4 is 44.2 Å². The topological polar surface area (TPSA) is 3.24 Å². The zero-order chi connectivity index (χ0) is 8.97. The zero-order valence-electron chi connectivity index (χ0n) is 6.93. The molecule has 0 aliphatic rings. The molecule has 0 aliphatic carbocycles. The van der Waals surface area contributed by atoms with Crippen LogP contribution in [0.1, 0.15) is 0 Å². The van der Waals surface area contributed by atoms with Crippen molar-refractivity contribution in [1.82, 2.24) is 0 Å². The summed E-state index contributed by atoms with van der Waals surface area (Å²) in [7, 11) is 2.11. The minimum absolute atomic E-state index is 1.09. The SMILES string of the molecule is CN(CCI)c1cccc(Br)c1. The van der Waals surface area contributed by atoms with Crippen molar-refractivity contribution < 1.29 is 0 Å². The summed E-state index contributed by atoms with van der Waals surface area (Å²) >= 11 is 5.84. The molecule has 0 saturated heterocycles. The first-order valence-corrected chi connectivity index (χ1v) is 6.08. The lowest BCUT2D eigenvalue weighted by Gasteiger charge is -2.17. The van der Waals surface area contributed by atoms with E-state index in [2.05, 4.69) is 68.7 Å². The zero-order valence-corrected chi connectivity index (χ0v) is 10.7. The molecule has 0 unspecified atom stereocenters. The van der Waals surface area contributed by atoms with Gasteiger partial charge in [0.2, 0.25) is 0 Å². The van der Waals surface area contributed by atoms with Gasteiger partial charge in [-0.2, -0.15) is 0 Å². The van der Waals surface area contributed by atoms with E-state index in [1.54, 1.807) is 0 Å². The quantitative estimate of drug-likeness (QED) is 0.603. The van der Waals surface area contributed by atoms with Gasteiger partial charge >= 0.3 is 0 Å². The highest BCUT2D eigenvalue weighted by Gasteiger charge is 1.98. The molecular formula is C9H11BrIN. The number of rotatable bonds is 3. The van der Waals surface area contributed by atoms with E-state index in [4.69, 9.17) is 0 Å². The number of nitrogens with zero attached hydrogens (tertiary/aromatic N) is 1. The second-order valence-corrected chi connectivity index (χ2v) is 4.58. The first-order valence-electron chi connectivity index (χ1n) is 3.76. The average molecular weight is 340 g/mol. The van der Waals surface area contributed by atoms with Crippen LogP contribution in [0.5, 0.6) is 0 Å². The highest BCUT2D eigenvalue weighted by molar-refractivity contribution is 14.1. The van der Waals surface area contributed by atoms with Gasteiger partial charge in [0.15, 0.2) is 0 Å². The van der Waals surface area contributed by atoms with Crippen molar-refractivity contribution in [3.05, 3.63) is 28.7 Å². The van der Waals surface area contributed by atoms with Crippen LogP contribution in [0.2, 0.25) is 0 Å². The molecule has 1 nitrogen and oxygen atoms in total. The summed E-state index contributed by atoms with van der Waals surface area (Å²) in [5, 5.41) is 0. The van der Waals surface area contributed by atoms with Crippen LogP contribution in [0, 0.1) is 0 Å². The van der Waals surface area contributed by atoms with Gasteiger partial charge in [-0.3, -0.25) is 0 Å². The molecule has 1 rings (SSSR count). The highest BCUT2D eigenvalue weighted by Crippen LogP contribution is 2.18. The van der Waals surface area contributed by atoms with Gasteiger partial charge in [0, 0.05) is 28.2 Å². The number of alkyl halides is 1. The first kappa shape index (κ1) is 10.3. The lowest BCUT2D eigenvalue weighted by molar-refractivity contribution is 0.987. The second-order valence-electron chi connectivity index (χ2n) is 2.59. The van der Waals surface area contributed by atoms with E-state index in [9.17, 15) is 0 Å². The van der Waals surface area contributed by atoms with Crippen molar-refractivity contribution in [3.8, 4) is 0 Å². The normalized spacial score (nSPS) is 9.92. The van der Waals surface area contributed by atoms with Crippen LogP contribution >= 0.6 is 38.5 Å². The molecule has 0 bridgehead atoms. The predicted molar refractivity (Wildman–Crippen MR) is 66.3 cm³/mol. The summed E-state index contributed by atoms with van der Waals surface area (Å²) in [5.74, 6) is 0. The largest absolute Gasteiger partial charge is 0.374 e. The third kappa shape index (κ3) is 2.94. The maximum Gasteiger partial charge on any atom is 0.0375 e. The average Bonchev–Trinajstić information content (AvgIpc) is 2.05. The smallest absolute Gasteiger partial charge is 0.0375 e. The van der Waals surface area contributed by atoms with Gasteiger partial charge in [-0.25, -0.2) is 0 Å². The Labute approximate surface area is 95.4 Å². The Morgan fingerprint density at radius 2 is 2.25 bits per heavy atom. The molecule has 0 heterocycles. The molecule has 12 heavy (non-hydrogen) atoms. The fourth-order valence-corrected chi connectivity index (χ4v) is 2.08. The van der Waals surface area contributed by atoms with Crippen LogP contribution in [0.25, 0.3) is 0 Å². The van der Waals surface area contributed by atoms with E-state index in [1.807, 2.05) is 6.07 Å². The van der Waals surface area contributed by atoms with E-state index in [0.717, 1.165) is 15.4 Å². The third-order valence-electron chi connectivity index (χ3n) is 1.67. The Balaban J connectivity index is 2.73. The molecule has 1 aromatic carbocycles. The lowest BCUT2D eigenvalue weighted by atomic mass is 10.3. The maximum atomic E-state index is 3.45. The van der Waals surface area contributed by atoms with Crippen molar-refractivity contribution in [1.29, 1.82) is 0 Å². The summed E-state index contributed by atoms with van der Waals surface area (Å²) in [6.45, 7) is 1.09. The van der Waals surface area contributed by atoms with Crippen molar-refractivity contribution in [3.63, 3.8) is 0 Å². The molecule has 0 radical (unpaired) electrons. The maximum absolute atomic E-state index is 3.45. The highest BCUT2D eigenvalue weighted by atomic mass is 127. The Hall–Kier alpha value is 0.230. The molecule has 0 saturated carbocycles. The minimum atomic E-state index is 1.09. The van der Waals surface area contributed by atoms with Crippen LogP contribution < -0.4 is 4.90 Å². The molecule has 3 heteroatoms. The molecule has 0 aromatic heterocycles. The van der Waals surface area contributed by atoms with E-state index in [1.165, 1.54) is 5.69 Å². The van der Waals surface area contributed by atoms with Crippen molar-refractivity contribution in [2.75, 3.05) is 22.9 Å². The minimum Gasteiger partial charge on any atom is -0.374 e. The first-order chi connectivity index (χ1) is 5.74. The molecule has 0 aliphatic heterocycles. The van der Waals surface area contributed by atoms with Gasteiger partial charge in [-0.1, -0.05) is 44.6 Å². The van der Waals surface area contributed by atoms with Crippen LogP contribution in [0.4, 0.5) is 5.69 Å². The lowest BCUT2D eigenvalue weighted by Crippen LogP contribution is -2.19. The van der Waals surface area contributed by atoms with E-state index in [-0.39, 0.29) is 0 Å². The molecular weight excluding hydrogens is 329 g/mol. The summed E-state index contributed by atoms with van der Waals surface area (Å²) in [4.78, 5) is 2.25. The van der Waals surface area contributed by atoms with Gasteiger partial charge in [-0.15, -0.1) is 0 Å². The molecule has 0 spiro atoms. The molecule has 1 aromatic rings. The number of hydrogen-bond acceptors (Lipinski definition) is 1. The van der Waals surface area contributed by atoms with Crippen LogP contribution in [-0.2, 0) is 0 Å². The molecule has 66 valence electrons. The Morgan fingerprint density at radius 3 is 2.83 bits per heavy atom. The fourth-order valence-electron chi connectivity index (χ4n) is 0.969. The van der Waals surface area contributed by atoms with E-state index >= 15 is 0 Å². The molecule has 0 N–H and O–H groups in total. The third-order valence-corrected chi connectivity index (χ3v) is 2.64. The number of hydrogen-bond donors (Lipinski definition) is 0. The Kier molecular flexibility index (Phi) is 4.35. The number of halogens is 2. The van der Waals surface area contributed by atoms with Crippen LogP contribution in [-0.4, -0.2) is 18.0 Å². The van der Waals surface area contributed by atoms with Crippen LogP contribution in [0.15, 0.2) is 28.7 Å². The van der Waals surface area contributed by atoms with Crippen molar-refractivity contribution in [2.24, 2.45) is 0 Å². The predicted octanol–water partition coefficient (Wildman–Crippen LogP) is 3.32. The van der Waals surface area contributed by atoms with Gasteiger partial charge in [0.05, 0.1) is 0 Å². The molecule has 0 amide bonds.